The number of aromatic nitrogens is 1. The van der Waals surface area contributed by atoms with Crippen molar-refractivity contribution in [1.82, 2.24) is 10.3 Å². The summed E-state index contributed by atoms with van der Waals surface area (Å²) in [4.78, 5) is 21.3. The average molecular weight is 368 g/mol. The summed E-state index contributed by atoms with van der Waals surface area (Å²) in [6, 6.07) is 11.8. The van der Waals surface area contributed by atoms with Crippen LogP contribution in [0.3, 0.4) is 0 Å². The number of amides is 1. The van der Waals surface area contributed by atoms with Gasteiger partial charge in [-0.05, 0) is 42.8 Å². The Hall–Kier alpha value is -2.76. The van der Waals surface area contributed by atoms with Crippen molar-refractivity contribution in [3.63, 3.8) is 0 Å². The second-order valence-electron chi connectivity index (χ2n) is 6.68. The van der Waals surface area contributed by atoms with Crippen molar-refractivity contribution in [2.75, 3.05) is 49.6 Å². The SMILES string of the molecule is CCCCNC(=O)c1ccnc(N2CCN(c3ccc(OC)cc3)CC2)c1. The Morgan fingerprint density at radius 3 is 2.48 bits per heavy atom. The molecule has 1 N–H and O–H groups in total. The van der Waals surface area contributed by atoms with Crippen molar-refractivity contribution in [2.24, 2.45) is 0 Å². The van der Waals surface area contributed by atoms with E-state index in [0.717, 1.165) is 50.6 Å². The second kappa shape index (κ2) is 9.26. The molecule has 0 spiro atoms. The lowest BCUT2D eigenvalue weighted by molar-refractivity contribution is 0.0953. The summed E-state index contributed by atoms with van der Waals surface area (Å²) in [5, 5.41) is 2.96. The standard InChI is InChI=1S/C21H28N4O2/c1-3-4-10-23-21(26)17-9-11-22-20(16-17)25-14-12-24(13-15-25)18-5-7-19(27-2)8-6-18/h5-9,11,16H,3-4,10,12-15H2,1-2H3,(H,23,26). The average Bonchev–Trinajstić information content (AvgIpc) is 2.74. The molecular weight excluding hydrogens is 340 g/mol. The van der Waals surface area contributed by atoms with Crippen molar-refractivity contribution in [3.8, 4) is 5.75 Å². The molecule has 1 aliphatic rings. The van der Waals surface area contributed by atoms with Gasteiger partial charge in [-0.3, -0.25) is 4.79 Å². The highest BCUT2D eigenvalue weighted by Crippen LogP contribution is 2.22. The van der Waals surface area contributed by atoms with Gasteiger partial charge in [-0.1, -0.05) is 13.3 Å². The van der Waals surface area contributed by atoms with Crippen LogP contribution in [-0.4, -0.2) is 50.7 Å². The maximum absolute atomic E-state index is 12.3. The third-order valence-corrected chi connectivity index (χ3v) is 4.86. The number of piperazine rings is 1. The van der Waals surface area contributed by atoms with E-state index in [1.807, 2.05) is 18.2 Å². The Balaban J connectivity index is 1.58. The van der Waals surface area contributed by atoms with Gasteiger partial charge >= 0.3 is 0 Å². The monoisotopic (exact) mass is 368 g/mol. The maximum atomic E-state index is 12.3. The summed E-state index contributed by atoms with van der Waals surface area (Å²) < 4.78 is 5.23. The van der Waals surface area contributed by atoms with E-state index in [4.69, 9.17) is 4.74 Å². The Labute approximate surface area is 161 Å². The molecule has 1 fully saturated rings. The molecule has 1 aliphatic heterocycles. The van der Waals surface area contributed by atoms with Gasteiger partial charge in [0.1, 0.15) is 11.6 Å². The summed E-state index contributed by atoms with van der Waals surface area (Å²) in [6.07, 6.45) is 3.79. The van der Waals surface area contributed by atoms with Gasteiger partial charge in [-0.2, -0.15) is 0 Å². The highest BCUT2D eigenvalue weighted by atomic mass is 16.5. The number of benzene rings is 1. The predicted octanol–water partition coefficient (Wildman–Crippen LogP) is 2.95. The molecule has 0 atom stereocenters. The molecular formula is C21H28N4O2. The Morgan fingerprint density at radius 2 is 1.81 bits per heavy atom. The third kappa shape index (κ3) is 4.90. The van der Waals surface area contributed by atoms with E-state index in [1.165, 1.54) is 5.69 Å². The topological polar surface area (TPSA) is 57.7 Å². The lowest BCUT2D eigenvalue weighted by Gasteiger charge is -2.36. The zero-order valence-corrected chi connectivity index (χ0v) is 16.1. The highest BCUT2D eigenvalue weighted by molar-refractivity contribution is 5.94. The lowest BCUT2D eigenvalue weighted by Crippen LogP contribution is -2.46. The van der Waals surface area contributed by atoms with Crippen LogP contribution in [0.25, 0.3) is 0 Å². The first-order chi connectivity index (χ1) is 13.2. The first kappa shape index (κ1) is 19.0. The first-order valence-electron chi connectivity index (χ1n) is 9.59. The molecule has 1 saturated heterocycles. The van der Waals surface area contributed by atoms with Crippen molar-refractivity contribution in [2.45, 2.75) is 19.8 Å². The van der Waals surface area contributed by atoms with Crippen molar-refractivity contribution in [1.29, 1.82) is 0 Å². The molecule has 0 radical (unpaired) electrons. The lowest BCUT2D eigenvalue weighted by atomic mass is 10.2. The fourth-order valence-corrected chi connectivity index (χ4v) is 3.20. The van der Waals surface area contributed by atoms with Gasteiger partial charge in [-0.25, -0.2) is 4.98 Å². The Kier molecular flexibility index (Phi) is 6.52. The maximum Gasteiger partial charge on any atom is 0.251 e. The van der Waals surface area contributed by atoms with E-state index in [1.54, 1.807) is 19.4 Å². The Morgan fingerprint density at radius 1 is 1.11 bits per heavy atom. The first-order valence-corrected chi connectivity index (χ1v) is 9.59. The zero-order chi connectivity index (χ0) is 19.1. The molecule has 0 unspecified atom stereocenters. The molecule has 1 amide bonds. The van der Waals surface area contributed by atoms with Gasteiger partial charge < -0.3 is 19.9 Å². The molecule has 144 valence electrons. The fourth-order valence-electron chi connectivity index (χ4n) is 3.20. The quantitative estimate of drug-likeness (QED) is 0.762. The van der Waals surface area contributed by atoms with E-state index in [9.17, 15) is 4.79 Å². The molecule has 3 rings (SSSR count). The van der Waals surface area contributed by atoms with Crippen LogP contribution in [-0.2, 0) is 0 Å². The molecule has 0 aliphatic carbocycles. The molecule has 1 aromatic heterocycles. The number of hydrogen-bond acceptors (Lipinski definition) is 5. The Bertz CT molecular complexity index is 740. The molecule has 2 heterocycles. The number of methoxy groups -OCH3 is 1. The van der Waals surface area contributed by atoms with Crippen LogP contribution in [0.2, 0.25) is 0 Å². The smallest absolute Gasteiger partial charge is 0.251 e. The number of hydrogen-bond donors (Lipinski definition) is 1. The van der Waals surface area contributed by atoms with Crippen LogP contribution in [0.4, 0.5) is 11.5 Å². The van der Waals surface area contributed by atoms with Crippen LogP contribution in [0.5, 0.6) is 5.75 Å². The van der Waals surface area contributed by atoms with Crippen molar-refractivity contribution < 1.29 is 9.53 Å². The number of carbonyl (C=O) groups excluding carboxylic acids is 1. The molecule has 27 heavy (non-hydrogen) atoms. The number of pyridine rings is 1. The van der Waals surface area contributed by atoms with E-state index in [-0.39, 0.29) is 5.91 Å². The summed E-state index contributed by atoms with van der Waals surface area (Å²) >= 11 is 0. The van der Waals surface area contributed by atoms with Crippen molar-refractivity contribution in [3.05, 3.63) is 48.2 Å². The fraction of sp³-hybridized carbons (Fsp3) is 0.429. The van der Waals surface area contributed by atoms with E-state index in [2.05, 4.69) is 39.2 Å². The molecule has 2 aromatic rings. The summed E-state index contributed by atoms with van der Waals surface area (Å²) in [7, 11) is 1.68. The number of unbranched alkanes of at least 4 members (excludes halogenated alkanes) is 1. The van der Waals surface area contributed by atoms with E-state index >= 15 is 0 Å². The van der Waals surface area contributed by atoms with Gasteiger partial charge in [-0.15, -0.1) is 0 Å². The second-order valence-corrected chi connectivity index (χ2v) is 6.68. The van der Waals surface area contributed by atoms with Crippen LogP contribution in [0, 0.1) is 0 Å². The normalized spacial score (nSPS) is 14.1. The number of nitrogens with one attached hydrogen (secondary N) is 1. The summed E-state index contributed by atoms with van der Waals surface area (Å²) in [5.41, 5.74) is 1.88. The minimum Gasteiger partial charge on any atom is -0.497 e. The number of carbonyl (C=O) groups is 1. The third-order valence-electron chi connectivity index (χ3n) is 4.86. The molecule has 6 nitrogen and oxygen atoms in total. The summed E-state index contributed by atoms with van der Waals surface area (Å²) in [6.45, 7) is 6.41. The number of anilines is 2. The van der Waals surface area contributed by atoms with Crippen LogP contribution >= 0.6 is 0 Å². The summed E-state index contributed by atoms with van der Waals surface area (Å²) in [5.74, 6) is 1.71. The number of rotatable bonds is 7. The molecule has 1 aromatic carbocycles. The van der Waals surface area contributed by atoms with E-state index < -0.39 is 0 Å². The van der Waals surface area contributed by atoms with Crippen LogP contribution in [0.1, 0.15) is 30.1 Å². The van der Waals surface area contributed by atoms with Gasteiger partial charge in [0.25, 0.3) is 5.91 Å². The number of nitrogens with zero attached hydrogens (tertiary/aromatic N) is 3. The van der Waals surface area contributed by atoms with Crippen LogP contribution in [0.15, 0.2) is 42.6 Å². The van der Waals surface area contributed by atoms with E-state index in [0.29, 0.717) is 12.1 Å². The minimum absolute atomic E-state index is 0.0241. The van der Waals surface area contributed by atoms with Crippen molar-refractivity contribution >= 4 is 17.4 Å². The highest BCUT2D eigenvalue weighted by Gasteiger charge is 2.19. The molecule has 0 bridgehead atoms. The predicted molar refractivity (Wildman–Crippen MR) is 109 cm³/mol. The van der Waals surface area contributed by atoms with Gasteiger partial charge in [0.2, 0.25) is 0 Å². The van der Waals surface area contributed by atoms with Gasteiger partial charge in [0.15, 0.2) is 0 Å². The van der Waals surface area contributed by atoms with Crippen LogP contribution < -0.4 is 19.9 Å². The van der Waals surface area contributed by atoms with Gasteiger partial charge in [0.05, 0.1) is 7.11 Å². The zero-order valence-electron chi connectivity index (χ0n) is 16.1. The van der Waals surface area contributed by atoms with Gasteiger partial charge in [0, 0.05) is 50.2 Å². The minimum atomic E-state index is -0.0241. The molecule has 6 heteroatoms. The number of ether oxygens (including phenoxy) is 1. The largest absolute Gasteiger partial charge is 0.497 e. The molecule has 0 saturated carbocycles.